The minimum Gasteiger partial charge on any atom is -0.494 e. The Morgan fingerprint density at radius 2 is 1.73 bits per heavy atom. The summed E-state index contributed by atoms with van der Waals surface area (Å²) in [5.74, 6) is -0.242. The minimum absolute atomic E-state index is 0.121. The van der Waals surface area contributed by atoms with Crippen LogP contribution in [0.2, 0.25) is 0 Å². The number of carboxylic acid groups (broad SMARTS) is 1. The third kappa shape index (κ3) is 7.08. The first kappa shape index (κ1) is 30.0. The number of hydrogen-bond acceptors (Lipinski definition) is 7. The number of aromatic nitrogens is 2. The lowest BCUT2D eigenvalue weighted by Crippen LogP contribution is -2.19. The van der Waals surface area contributed by atoms with Crippen molar-refractivity contribution in [2.45, 2.75) is 26.2 Å². The Morgan fingerprint density at radius 1 is 1.07 bits per heavy atom. The van der Waals surface area contributed by atoms with Gasteiger partial charge >= 0.3 is 5.97 Å². The number of carbonyl (C=O) groups excluding carboxylic acids is 1. The van der Waals surface area contributed by atoms with Gasteiger partial charge in [0.1, 0.15) is 11.4 Å². The van der Waals surface area contributed by atoms with Crippen molar-refractivity contribution in [3.8, 4) is 17.2 Å². The summed E-state index contributed by atoms with van der Waals surface area (Å²) >= 11 is 0. The van der Waals surface area contributed by atoms with E-state index in [1.165, 1.54) is 7.11 Å². The van der Waals surface area contributed by atoms with E-state index >= 15 is 0 Å². The molecule has 0 unspecified atom stereocenters. The molecule has 212 valence electrons. The molecule has 2 heterocycles. The lowest BCUT2D eigenvalue weighted by molar-refractivity contribution is 0.0686. The average Bonchev–Trinajstić information content (AvgIpc) is 3.20. The fraction of sp³-hybridized carbons (Fsp3) is 0.250. The van der Waals surface area contributed by atoms with E-state index in [4.69, 9.17) is 15.2 Å². The Balaban J connectivity index is 0.000000220. The Bertz CT molecular complexity index is 1660. The predicted molar refractivity (Wildman–Crippen MR) is 153 cm³/mol. The number of pyridine rings is 1. The molecule has 4 rings (SSSR count). The molecule has 2 aromatic carbocycles. The summed E-state index contributed by atoms with van der Waals surface area (Å²) in [6.07, 6.45) is 4.31. The van der Waals surface area contributed by atoms with Gasteiger partial charge in [0.25, 0.3) is 5.91 Å². The number of amides is 1. The highest BCUT2D eigenvalue weighted by Gasteiger charge is 2.23. The molecule has 0 spiro atoms. The number of nitrogens with one attached hydrogen (secondary N) is 1. The second-order valence-electron chi connectivity index (χ2n) is 9.97. The molecule has 0 saturated heterocycles. The number of carbonyl (C=O) groups is 2. The smallest absolute Gasteiger partial charge is 0.352 e. The van der Waals surface area contributed by atoms with Crippen LogP contribution in [0.1, 0.15) is 47.2 Å². The molecule has 2 aromatic heterocycles. The zero-order valence-corrected chi connectivity index (χ0v) is 23.9. The Labute approximate surface area is 232 Å². The van der Waals surface area contributed by atoms with Crippen molar-refractivity contribution in [3.63, 3.8) is 0 Å². The van der Waals surface area contributed by atoms with Crippen molar-refractivity contribution in [2.24, 2.45) is 12.8 Å². The summed E-state index contributed by atoms with van der Waals surface area (Å²) in [5, 5.41) is 10.0. The molecule has 4 aromatic rings. The van der Waals surface area contributed by atoms with Crippen molar-refractivity contribution < 1.29 is 32.6 Å². The van der Waals surface area contributed by atoms with Crippen LogP contribution in [0.25, 0.3) is 10.9 Å². The third-order valence-electron chi connectivity index (χ3n) is 5.84. The summed E-state index contributed by atoms with van der Waals surface area (Å²) in [6, 6.07) is 13.9. The van der Waals surface area contributed by atoms with Crippen molar-refractivity contribution in [3.05, 3.63) is 77.7 Å². The largest absolute Gasteiger partial charge is 0.494 e. The Morgan fingerprint density at radius 3 is 2.25 bits per heavy atom. The van der Waals surface area contributed by atoms with Gasteiger partial charge in [-0.2, -0.15) is 0 Å². The lowest BCUT2D eigenvalue weighted by atomic mass is 9.85. The van der Waals surface area contributed by atoms with Crippen molar-refractivity contribution in [1.82, 2.24) is 9.55 Å². The maximum atomic E-state index is 11.5. The lowest BCUT2D eigenvalue weighted by Gasteiger charge is -2.23. The topological polar surface area (TPSA) is 163 Å². The van der Waals surface area contributed by atoms with Gasteiger partial charge in [-0.3, -0.25) is 14.5 Å². The van der Waals surface area contributed by atoms with Crippen LogP contribution in [0.4, 0.5) is 5.69 Å². The van der Waals surface area contributed by atoms with Crippen LogP contribution in [-0.2, 0) is 22.5 Å². The van der Waals surface area contributed by atoms with Gasteiger partial charge in [0.05, 0.1) is 30.1 Å². The number of anilines is 1. The number of aromatic carboxylic acids is 1. The number of para-hydroxylation sites is 1. The van der Waals surface area contributed by atoms with E-state index in [0.29, 0.717) is 11.5 Å². The number of methoxy groups -OCH3 is 1. The number of hydrogen-bond donors (Lipinski definition) is 3. The molecular formula is C28H32N4O7S. The van der Waals surface area contributed by atoms with E-state index in [-0.39, 0.29) is 28.1 Å². The molecule has 11 nitrogen and oxygen atoms in total. The number of benzene rings is 2. The average molecular weight is 569 g/mol. The first-order valence-electron chi connectivity index (χ1n) is 12.0. The zero-order chi connectivity index (χ0) is 29.8. The molecule has 0 saturated carbocycles. The third-order valence-corrected chi connectivity index (χ3v) is 6.43. The molecule has 0 aliphatic rings. The van der Waals surface area contributed by atoms with Gasteiger partial charge in [-0.1, -0.05) is 32.9 Å². The van der Waals surface area contributed by atoms with Gasteiger partial charge in [0.2, 0.25) is 10.0 Å². The van der Waals surface area contributed by atoms with E-state index in [1.54, 1.807) is 54.3 Å². The molecule has 12 heteroatoms. The summed E-state index contributed by atoms with van der Waals surface area (Å²) in [4.78, 5) is 26.7. The first-order chi connectivity index (χ1) is 18.6. The number of fused-ring (bicyclic) bond motifs is 1. The maximum Gasteiger partial charge on any atom is 0.352 e. The number of nitrogens with zero attached hydrogens (tertiary/aromatic N) is 2. The molecule has 0 radical (unpaired) electrons. The number of carboxylic acids is 1. The normalized spacial score (nSPS) is 11.3. The van der Waals surface area contributed by atoms with Crippen LogP contribution >= 0.6 is 0 Å². The molecule has 0 aliphatic heterocycles. The van der Waals surface area contributed by atoms with E-state index in [1.807, 2.05) is 39.0 Å². The first-order valence-corrected chi connectivity index (χ1v) is 13.9. The summed E-state index contributed by atoms with van der Waals surface area (Å²) in [6.45, 7) is 5.84. The zero-order valence-electron chi connectivity index (χ0n) is 23.1. The van der Waals surface area contributed by atoms with Crippen molar-refractivity contribution >= 4 is 38.5 Å². The highest BCUT2D eigenvalue weighted by atomic mass is 32.2. The van der Waals surface area contributed by atoms with Crippen LogP contribution in [-0.4, -0.2) is 48.3 Å². The number of sulfonamides is 1. The fourth-order valence-corrected chi connectivity index (χ4v) is 4.49. The van der Waals surface area contributed by atoms with Crippen LogP contribution in [0.3, 0.4) is 0 Å². The fourth-order valence-electron chi connectivity index (χ4n) is 3.94. The Kier molecular flexibility index (Phi) is 8.74. The molecule has 1 amide bonds. The quantitative estimate of drug-likeness (QED) is 0.293. The number of rotatable bonds is 7. The molecular weight excluding hydrogens is 536 g/mol. The van der Waals surface area contributed by atoms with E-state index in [9.17, 15) is 23.1 Å². The predicted octanol–water partition coefficient (Wildman–Crippen LogP) is 4.53. The van der Waals surface area contributed by atoms with Crippen LogP contribution in [0.5, 0.6) is 17.2 Å². The second kappa shape index (κ2) is 11.7. The van der Waals surface area contributed by atoms with Gasteiger partial charge in [-0.05, 0) is 47.4 Å². The molecule has 0 atom stereocenters. The SMILES string of the molecule is COc1c(NS(C)(=O)=O)cc(C(C)(C)C)cc1C(N)=O.Cn1c(C(=O)O)cc2cccc(Oc3ccncc3)c21. The Hall–Kier alpha value is -4.58. The highest BCUT2D eigenvalue weighted by molar-refractivity contribution is 7.92. The van der Waals surface area contributed by atoms with Gasteiger partial charge in [-0.25, -0.2) is 13.2 Å². The van der Waals surface area contributed by atoms with Gasteiger partial charge in [0.15, 0.2) is 11.5 Å². The van der Waals surface area contributed by atoms with Gasteiger partial charge in [-0.15, -0.1) is 0 Å². The van der Waals surface area contributed by atoms with Crippen molar-refractivity contribution in [1.29, 1.82) is 0 Å². The van der Waals surface area contributed by atoms with E-state index < -0.39 is 21.9 Å². The maximum absolute atomic E-state index is 11.5. The van der Waals surface area contributed by atoms with Gasteiger partial charge in [0, 0.05) is 24.8 Å². The summed E-state index contributed by atoms with van der Waals surface area (Å²) < 4.78 is 37.8. The monoisotopic (exact) mass is 568 g/mol. The minimum atomic E-state index is -3.50. The van der Waals surface area contributed by atoms with Crippen LogP contribution in [0, 0.1) is 0 Å². The molecule has 4 N–H and O–H groups in total. The highest BCUT2D eigenvalue weighted by Crippen LogP contribution is 2.35. The van der Waals surface area contributed by atoms with Crippen LogP contribution in [0.15, 0.2) is 60.9 Å². The number of ether oxygens (including phenoxy) is 2. The molecule has 0 aliphatic carbocycles. The standard InChI is InChI=1S/C15H12N2O3.C13H20N2O4S/c1-17-12(15(18)19)9-10-3-2-4-13(14(10)17)20-11-5-7-16-8-6-11;1-13(2,3)8-6-9(12(14)16)11(19-4)10(7-8)15-20(5,17)18/h2-9H,1H3,(H,18,19);6-7,15H,1-5H3,(H2,14,16). The van der Waals surface area contributed by atoms with Gasteiger partial charge < -0.3 is 24.9 Å². The van der Waals surface area contributed by atoms with E-state index in [2.05, 4.69) is 9.71 Å². The molecule has 0 bridgehead atoms. The van der Waals surface area contributed by atoms with E-state index in [0.717, 1.165) is 22.7 Å². The number of nitrogens with two attached hydrogens (primary N) is 1. The van der Waals surface area contributed by atoms with Crippen LogP contribution < -0.4 is 19.9 Å². The summed E-state index contributed by atoms with van der Waals surface area (Å²) in [7, 11) is -0.430. The second-order valence-corrected chi connectivity index (χ2v) is 11.7. The summed E-state index contributed by atoms with van der Waals surface area (Å²) in [5.41, 5.74) is 7.17. The molecule has 40 heavy (non-hydrogen) atoms. The number of aryl methyl sites for hydroxylation is 1. The van der Waals surface area contributed by atoms with Crippen molar-refractivity contribution in [2.75, 3.05) is 18.1 Å². The molecule has 0 fully saturated rings. The number of primary amides is 1.